The van der Waals surface area contributed by atoms with Gasteiger partial charge in [0, 0.05) is 16.7 Å². The predicted molar refractivity (Wildman–Crippen MR) is 93.7 cm³/mol. The molecule has 2 aromatic carbocycles. The Hall–Kier alpha value is -2.17. The molecule has 0 aromatic heterocycles. The zero-order chi connectivity index (χ0) is 16.8. The van der Waals surface area contributed by atoms with Crippen molar-refractivity contribution in [2.75, 3.05) is 19.5 Å². The summed E-state index contributed by atoms with van der Waals surface area (Å²) < 4.78 is 10.4. The molecule has 0 fully saturated rings. The van der Waals surface area contributed by atoms with Crippen molar-refractivity contribution in [3.63, 3.8) is 0 Å². The van der Waals surface area contributed by atoms with Crippen LogP contribution in [0.1, 0.15) is 5.56 Å². The average Bonchev–Trinajstić information content (AvgIpc) is 2.56. The standard InChI is InChI=1S/C17H15Cl2NO3/c1-22-13-5-7-16(23-2)11(9-13)3-8-17(21)20-15-10-12(18)4-6-14(15)19/h3-10H,1-2H3,(H,20,21)/b8-3+. The lowest BCUT2D eigenvalue weighted by atomic mass is 10.1. The lowest BCUT2D eigenvalue weighted by molar-refractivity contribution is -0.111. The van der Waals surface area contributed by atoms with Gasteiger partial charge in [-0.1, -0.05) is 23.2 Å². The van der Waals surface area contributed by atoms with Crippen LogP contribution in [0, 0.1) is 0 Å². The Labute approximate surface area is 144 Å². The predicted octanol–water partition coefficient (Wildman–Crippen LogP) is 4.66. The van der Waals surface area contributed by atoms with Crippen molar-refractivity contribution < 1.29 is 14.3 Å². The van der Waals surface area contributed by atoms with E-state index < -0.39 is 0 Å². The third-order valence-electron chi connectivity index (χ3n) is 3.04. The zero-order valence-corrected chi connectivity index (χ0v) is 14.1. The molecule has 0 aliphatic carbocycles. The van der Waals surface area contributed by atoms with Gasteiger partial charge >= 0.3 is 0 Å². The lowest BCUT2D eigenvalue weighted by Crippen LogP contribution is -2.08. The molecule has 0 aliphatic heterocycles. The minimum atomic E-state index is -0.334. The number of hydrogen-bond donors (Lipinski definition) is 1. The van der Waals surface area contributed by atoms with Gasteiger partial charge in [-0.3, -0.25) is 4.79 Å². The fourth-order valence-electron chi connectivity index (χ4n) is 1.90. The smallest absolute Gasteiger partial charge is 0.248 e. The monoisotopic (exact) mass is 351 g/mol. The normalized spacial score (nSPS) is 10.6. The number of rotatable bonds is 5. The third-order valence-corrected chi connectivity index (χ3v) is 3.60. The molecule has 2 rings (SSSR count). The van der Waals surface area contributed by atoms with Gasteiger partial charge in [-0.05, 0) is 42.5 Å². The summed E-state index contributed by atoms with van der Waals surface area (Å²) in [5, 5.41) is 3.57. The molecule has 120 valence electrons. The molecule has 0 spiro atoms. The van der Waals surface area contributed by atoms with E-state index in [-0.39, 0.29) is 5.91 Å². The number of carbonyl (C=O) groups is 1. The highest BCUT2D eigenvalue weighted by Crippen LogP contribution is 2.26. The molecule has 1 N–H and O–H groups in total. The maximum atomic E-state index is 12.0. The summed E-state index contributed by atoms with van der Waals surface area (Å²) in [4.78, 5) is 12.0. The summed E-state index contributed by atoms with van der Waals surface area (Å²) in [5.41, 5.74) is 1.17. The molecule has 0 atom stereocenters. The van der Waals surface area contributed by atoms with Crippen molar-refractivity contribution in [1.29, 1.82) is 0 Å². The van der Waals surface area contributed by atoms with Crippen molar-refractivity contribution in [1.82, 2.24) is 0 Å². The molecule has 0 bridgehead atoms. The van der Waals surface area contributed by atoms with Crippen molar-refractivity contribution >= 4 is 40.9 Å². The maximum absolute atomic E-state index is 12.0. The third kappa shape index (κ3) is 4.65. The molecule has 4 nitrogen and oxygen atoms in total. The van der Waals surface area contributed by atoms with Gasteiger partial charge in [0.15, 0.2) is 0 Å². The Kier molecular flexibility index (Phi) is 5.90. The van der Waals surface area contributed by atoms with Crippen LogP contribution in [0.4, 0.5) is 5.69 Å². The first kappa shape index (κ1) is 17.2. The van der Waals surface area contributed by atoms with Crippen LogP contribution in [0.5, 0.6) is 11.5 Å². The second-order valence-corrected chi connectivity index (χ2v) is 5.40. The van der Waals surface area contributed by atoms with Gasteiger partial charge in [-0.25, -0.2) is 0 Å². The van der Waals surface area contributed by atoms with Gasteiger partial charge < -0.3 is 14.8 Å². The lowest BCUT2D eigenvalue weighted by Gasteiger charge is -2.08. The second kappa shape index (κ2) is 7.90. The summed E-state index contributed by atoms with van der Waals surface area (Å²) in [6.45, 7) is 0. The minimum absolute atomic E-state index is 0.334. The van der Waals surface area contributed by atoms with Crippen LogP contribution in [0.2, 0.25) is 10.0 Å². The van der Waals surface area contributed by atoms with E-state index in [2.05, 4.69) is 5.32 Å². The van der Waals surface area contributed by atoms with Crippen LogP contribution >= 0.6 is 23.2 Å². The fraction of sp³-hybridized carbons (Fsp3) is 0.118. The number of anilines is 1. The van der Waals surface area contributed by atoms with E-state index in [9.17, 15) is 4.79 Å². The van der Waals surface area contributed by atoms with Crippen molar-refractivity contribution in [3.8, 4) is 11.5 Å². The fourth-order valence-corrected chi connectivity index (χ4v) is 2.24. The number of methoxy groups -OCH3 is 2. The molecule has 1 amide bonds. The van der Waals surface area contributed by atoms with Crippen LogP contribution in [0.25, 0.3) is 6.08 Å². The maximum Gasteiger partial charge on any atom is 0.248 e. The Balaban J connectivity index is 2.16. The number of ether oxygens (including phenoxy) is 2. The molecular formula is C17H15Cl2NO3. The molecule has 0 saturated heterocycles. The van der Waals surface area contributed by atoms with Gasteiger partial charge in [0.2, 0.25) is 5.91 Å². The van der Waals surface area contributed by atoms with E-state index >= 15 is 0 Å². The number of carbonyl (C=O) groups excluding carboxylic acids is 1. The molecular weight excluding hydrogens is 337 g/mol. The molecule has 23 heavy (non-hydrogen) atoms. The number of benzene rings is 2. The molecule has 2 aromatic rings. The van der Waals surface area contributed by atoms with E-state index in [1.807, 2.05) is 0 Å². The van der Waals surface area contributed by atoms with Crippen LogP contribution in [-0.2, 0) is 4.79 Å². The van der Waals surface area contributed by atoms with Crippen molar-refractivity contribution in [3.05, 3.63) is 58.1 Å². The van der Waals surface area contributed by atoms with E-state index in [4.69, 9.17) is 32.7 Å². The first-order valence-electron chi connectivity index (χ1n) is 6.69. The molecule has 0 saturated carbocycles. The molecule has 6 heteroatoms. The van der Waals surface area contributed by atoms with Crippen molar-refractivity contribution in [2.24, 2.45) is 0 Å². The number of nitrogens with one attached hydrogen (secondary N) is 1. The summed E-state index contributed by atoms with van der Waals surface area (Å²) in [6, 6.07) is 10.2. The molecule has 0 unspecified atom stereocenters. The van der Waals surface area contributed by atoms with E-state index in [0.29, 0.717) is 27.2 Å². The van der Waals surface area contributed by atoms with E-state index in [1.54, 1.807) is 56.7 Å². The first-order chi connectivity index (χ1) is 11.0. The highest BCUT2D eigenvalue weighted by atomic mass is 35.5. The van der Waals surface area contributed by atoms with Crippen LogP contribution in [0.15, 0.2) is 42.5 Å². The van der Waals surface area contributed by atoms with Crippen molar-refractivity contribution in [2.45, 2.75) is 0 Å². The Morgan fingerprint density at radius 3 is 2.57 bits per heavy atom. The Morgan fingerprint density at radius 1 is 1.09 bits per heavy atom. The van der Waals surface area contributed by atoms with Crippen LogP contribution < -0.4 is 14.8 Å². The first-order valence-corrected chi connectivity index (χ1v) is 7.45. The summed E-state index contributed by atoms with van der Waals surface area (Å²) in [5.74, 6) is 0.971. The van der Waals surface area contributed by atoms with E-state index in [0.717, 1.165) is 5.56 Å². The van der Waals surface area contributed by atoms with Crippen LogP contribution in [0.3, 0.4) is 0 Å². The van der Waals surface area contributed by atoms with Gasteiger partial charge in [0.25, 0.3) is 0 Å². The van der Waals surface area contributed by atoms with Gasteiger partial charge in [-0.2, -0.15) is 0 Å². The molecule has 0 heterocycles. The zero-order valence-electron chi connectivity index (χ0n) is 12.6. The Bertz CT molecular complexity index is 745. The summed E-state index contributed by atoms with van der Waals surface area (Å²) >= 11 is 11.9. The Morgan fingerprint density at radius 2 is 1.87 bits per heavy atom. The minimum Gasteiger partial charge on any atom is -0.497 e. The molecule has 0 radical (unpaired) electrons. The van der Waals surface area contributed by atoms with Gasteiger partial charge in [0.05, 0.1) is 24.9 Å². The van der Waals surface area contributed by atoms with Gasteiger partial charge in [-0.15, -0.1) is 0 Å². The van der Waals surface area contributed by atoms with E-state index in [1.165, 1.54) is 6.08 Å². The summed E-state index contributed by atoms with van der Waals surface area (Å²) in [6.07, 6.45) is 3.02. The van der Waals surface area contributed by atoms with Gasteiger partial charge in [0.1, 0.15) is 11.5 Å². The topological polar surface area (TPSA) is 47.6 Å². The summed E-state index contributed by atoms with van der Waals surface area (Å²) in [7, 11) is 3.13. The average molecular weight is 352 g/mol. The van der Waals surface area contributed by atoms with Crippen LogP contribution in [-0.4, -0.2) is 20.1 Å². The SMILES string of the molecule is COc1ccc(OC)c(/C=C/C(=O)Nc2cc(Cl)ccc2Cl)c1. The highest BCUT2D eigenvalue weighted by molar-refractivity contribution is 6.35. The quantitative estimate of drug-likeness (QED) is 0.796. The largest absolute Gasteiger partial charge is 0.497 e. The number of hydrogen-bond acceptors (Lipinski definition) is 3. The molecule has 0 aliphatic rings. The number of halogens is 2. The second-order valence-electron chi connectivity index (χ2n) is 4.55. The number of amides is 1. The highest BCUT2D eigenvalue weighted by Gasteiger charge is 2.06.